The standard InChI is InChI=1S/C27H37ClO3/c1-5-18(4)27(16-21(30)15-22(17-29)31-27)25-12-13-26(28)24(23(25)7-3)14-20-10-8-19(6-2)9-11-20/h8-13,18,21-22,29-30H,5-7,14-17H2,1-4H3. The van der Waals surface area contributed by atoms with Crippen LogP contribution in [0.1, 0.15) is 74.8 Å². The van der Waals surface area contributed by atoms with Crippen molar-refractivity contribution in [2.24, 2.45) is 5.92 Å². The van der Waals surface area contributed by atoms with Crippen molar-refractivity contribution in [3.63, 3.8) is 0 Å². The lowest BCUT2D eigenvalue weighted by atomic mass is 9.71. The molecule has 0 bridgehead atoms. The zero-order chi connectivity index (χ0) is 22.6. The van der Waals surface area contributed by atoms with Gasteiger partial charge in [-0.1, -0.05) is 76.0 Å². The number of aliphatic hydroxyl groups excluding tert-OH is 2. The van der Waals surface area contributed by atoms with E-state index in [9.17, 15) is 10.2 Å². The zero-order valence-corrected chi connectivity index (χ0v) is 20.1. The van der Waals surface area contributed by atoms with Crippen LogP contribution in [0.5, 0.6) is 0 Å². The molecule has 0 aromatic heterocycles. The SMILES string of the molecule is CCc1ccc(Cc2c(Cl)ccc(C3(C(C)CC)CC(O)CC(CO)O3)c2CC)cc1. The van der Waals surface area contributed by atoms with Crippen LogP contribution in [-0.2, 0) is 29.6 Å². The van der Waals surface area contributed by atoms with Crippen molar-refractivity contribution in [3.05, 3.63) is 69.2 Å². The second-order valence-corrected chi connectivity index (χ2v) is 9.37. The summed E-state index contributed by atoms with van der Waals surface area (Å²) < 4.78 is 6.60. The molecule has 1 heterocycles. The Morgan fingerprint density at radius 1 is 1.03 bits per heavy atom. The molecule has 4 atom stereocenters. The first kappa shape index (κ1) is 24.3. The number of hydrogen-bond acceptors (Lipinski definition) is 3. The molecule has 2 aromatic carbocycles. The summed E-state index contributed by atoms with van der Waals surface area (Å²) in [7, 11) is 0. The molecule has 3 rings (SSSR count). The van der Waals surface area contributed by atoms with Gasteiger partial charge < -0.3 is 14.9 Å². The van der Waals surface area contributed by atoms with Crippen LogP contribution in [0, 0.1) is 5.92 Å². The van der Waals surface area contributed by atoms with Crippen LogP contribution < -0.4 is 0 Å². The Morgan fingerprint density at radius 3 is 2.29 bits per heavy atom. The Bertz CT molecular complexity index is 864. The van der Waals surface area contributed by atoms with Crippen LogP contribution in [0.2, 0.25) is 5.02 Å². The Morgan fingerprint density at radius 2 is 1.71 bits per heavy atom. The lowest BCUT2D eigenvalue weighted by Gasteiger charge is -2.48. The summed E-state index contributed by atoms with van der Waals surface area (Å²) in [4.78, 5) is 0. The number of ether oxygens (including phenoxy) is 1. The van der Waals surface area contributed by atoms with Gasteiger partial charge in [0.05, 0.1) is 24.4 Å². The summed E-state index contributed by atoms with van der Waals surface area (Å²) in [5.74, 6) is 0.194. The molecule has 0 saturated carbocycles. The first-order valence-electron chi connectivity index (χ1n) is 11.7. The Hall–Kier alpha value is -1.39. The van der Waals surface area contributed by atoms with Crippen molar-refractivity contribution >= 4 is 11.6 Å². The Balaban J connectivity index is 2.11. The summed E-state index contributed by atoms with van der Waals surface area (Å²) in [6.07, 6.45) is 3.71. The molecule has 1 saturated heterocycles. The lowest BCUT2D eigenvalue weighted by Crippen LogP contribution is -2.49. The molecule has 31 heavy (non-hydrogen) atoms. The van der Waals surface area contributed by atoms with Crippen LogP contribution >= 0.6 is 11.6 Å². The molecule has 3 nitrogen and oxygen atoms in total. The highest BCUT2D eigenvalue weighted by Gasteiger charge is 2.47. The van der Waals surface area contributed by atoms with E-state index in [0.717, 1.165) is 41.8 Å². The average molecular weight is 445 g/mol. The van der Waals surface area contributed by atoms with E-state index in [-0.39, 0.29) is 18.6 Å². The maximum atomic E-state index is 10.7. The van der Waals surface area contributed by atoms with Crippen molar-refractivity contribution < 1.29 is 14.9 Å². The molecule has 4 heteroatoms. The molecule has 0 spiro atoms. The van der Waals surface area contributed by atoms with Gasteiger partial charge in [-0.3, -0.25) is 0 Å². The first-order chi connectivity index (χ1) is 14.9. The van der Waals surface area contributed by atoms with E-state index in [1.807, 2.05) is 6.07 Å². The minimum Gasteiger partial charge on any atom is -0.394 e. The highest BCUT2D eigenvalue weighted by atomic mass is 35.5. The summed E-state index contributed by atoms with van der Waals surface area (Å²) in [5.41, 5.74) is 5.40. The molecule has 1 aliphatic rings. The predicted molar refractivity (Wildman–Crippen MR) is 128 cm³/mol. The smallest absolute Gasteiger partial charge is 0.0988 e. The van der Waals surface area contributed by atoms with Crippen LogP contribution in [0.15, 0.2) is 36.4 Å². The van der Waals surface area contributed by atoms with Crippen LogP contribution in [0.4, 0.5) is 0 Å². The van der Waals surface area contributed by atoms with Gasteiger partial charge in [-0.25, -0.2) is 0 Å². The minimum atomic E-state index is -0.628. The molecule has 1 fully saturated rings. The predicted octanol–water partition coefficient (Wildman–Crippen LogP) is 5.83. The highest BCUT2D eigenvalue weighted by Crippen LogP contribution is 2.47. The molecule has 2 aromatic rings. The number of rotatable bonds is 8. The molecule has 170 valence electrons. The lowest BCUT2D eigenvalue weighted by molar-refractivity contribution is -0.202. The number of hydrogen-bond donors (Lipinski definition) is 2. The van der Waals surface area contributed by atoms with Crippen molar-refractivity contribution in [2.75, 3.05) is 6.61 Å². The summed E-state index contributed by atoms with van der Waals surface area (Å²) in [5, 5.41) is 21.3. The highest BCUT2D eigenvalue weighted by molar-refractivity contribution is 6.31. The molecule has 0 amide bonds. The van der Waals surface area contributed by atoms with Gasteiger partial charge in [-0.05, 0) is 59.1 Å². The summed E-state index contributed by atoms with van der Waals surface area (Å²) >= 11 is 6.74. The maximum Gasteiger partial charge on any atom is 0.0988 e. The largest absolute Gasteiger partial charge is 0.394 e. The van der Waals surface area contributed by atoms with Gasteiger partial charge >= 0.3 is 0 Å². The van der Waals surface area contributed by atoms with E-state index in [1.54, 1.807) is 0 Å². The normalized spacial score (nSPS) is 24.9. The Kier molecular flexibility index (Phi) is 8.20. The molecule has 2 N–H and O–H groups in total. The van der Waals surface area contributed by atoms with Crippen LogP contribution in [-0.4, -0.2) is 29.0 Å². The van der Waals surface area contributed by atoms with E-state index in [4.69, 9.17) is 16.3 Å². The minimum absolute atomic E-state index is 0.0824. The molecule has 4 unspecified atom stereocenters. The summed E-state index contributed by atoms with van der Waals surface area (Å²) in [6, 6.07) is 12.8. The summed E-state index contributed by atoms with van der Waals surface area (Å²) in [6.45, 7) is 8.58. The fraction of sp³-hybridized carbons (Fsp3) is 0.556. The number of aliphatic hydroxyl groups is 2. The van der Waals surface area contributed by atoms with Crippen LogP contribution in [0.3, 0.4) is 0 Å². The van der Waals surface area contributed by atoms with Gasteiger partial charge in [0.1, 0.15) is 0 Å². The zero-order valence-electron chi connectivity index (χ0n) is 19.3. The van der Waals surface area contributed by atoms with E-state index in [2.05, 4.69) is 58.0 Å². The maximum absolute atomic E-state index is 10.7. The number of aryl methyl sites for hydroxylation is 1. The fourth-order valence-electron chi connectivity index (χ4n) is 5.08. The molecular formula is C27H37ClO3. The molecule has 1 aliphatic heterocycles. The van der Waals surface area contributed by atoms with Gasteiger partial charge in [0.15, 0.2) is 0 Å². The molecule has 0 aliphatic carbocycles. The van der Waals surface area contributed by atoms with E-state index >= 15 is 0 Å². The van der Waals surface area contributed by atoms with Gasteiger partial charge in [0, 0.05) is 17.9 Å². The topological polar surface area (TPSA) is 49.7 Å². The van der Waals surface area contributed by atoms with Crippen molar-refractivity contribution in [1.29, 1.82) is 0 Å². The van der Waals surface area contributed by atoms with Gasteiger partial charge in [-0.15, -0.1) is 0 Å². The van der Waals surface area contributed by atoms with E-state index in [1.165, 1.54) is 16.7 Å². The third-order valence-electron chi connectivity index (χ3n) is 7.06. The van der Waals surface area contributed by atoms with Gasteiger partial charge in [0.2, 0.25) is 0 Å². The number of benzene rings is 2. The van der Waals surface area contributed by atoms with Crippen molar-refractivity contribution in [1.82, 2.24) is 0 Å². The average Bonchev–Trinajstić information content (AvgIpc) is 2.79. The van der Waals surface area contributed by atoms with Gasteiger partial charge in [-0.2, -0.15) is 0 Å². The monoisotopic (exact) mass is 444 g/mol. The second-order valence-electron chi connectivity index (χ2n) is 8.97. The first-order valence-corrected chi connectivity index (χ1v) is 12.1. The third kappa shape index (κ3) is 5.01. The van der Waals surface area contributed by atoms with Gasteiger partial charge in [0.25, 0.3) is 0 Å². The fourth-order valence-corrected chi connectivity index (χ4v) is 5.32. The third-order valence-corrected chi connectivity index (χ3v) is 7.41. The number of halogens is 1. The second kappa shape index (κ2) is 10.5. The molecule has 0 radical (unpaired) electrons. The van der Waals surface area contributed by atoms with Crippen molar-refractivity contribution in [2.45, 2.75) is 84.0 Å². The van der Waals surface area contributed by atoms with Crippen LogP contribution in [0.25, 0.3) is 0 Å². The van der Waals surface area contributed by atoms with Crippen molar-refractivity contribution in [3.8, 4) is 0 Å². The van der Waals surface area contributed by atoms with E-state index in [0.29, 0.717) is 12.8 Å². The van der Waals surface area contributed by atoms with E-state index < -0.39 is 11.7 Å². The Labute approximate surface area is 192 Å². The molecular weight excluding hydrogens is 408 g/mol. The quantitative estimate of drug-likeness (QED) is 0.538.